The van der Waals surface area contributed by atoms with E-state index in [2.05, 4.69) is 236 Å². The van der Waals surface area contributed by atoms with Crippen LogP contribution >= 0.6 is 13.5 Å². The first-order valence-electron chi connectivity index (χ1n) is 24.6. The molecule has 0 amide bonds. The number of unbranched alkanes of at least 4 members (excludes halogenated alkanes) is 1. The molecule has 7 aromatic rings. The van der Waals surface area contributed by atoms with Crippen molar-refractivity contribution in [2.24, 2.45) is 15.1 Å². The maximum absolute atomic E-state index is 4.71. The average Bonchev–Trinajstić information content (AvgIpc) is 3.39. The SMILES string of the molecule is C=C/C=C\C(C)=C(\N/N=C/C)c1cccc(-c2cc(CC)cc(-c3ccc(-c4cc5ccccc5c(C=C)c4/C=C\C)cc3)c2)c1.C=NC(=NC(C)c1cccc(C)c1)c1cccc(C)c1.CCCC.S. The van der Waals surface area contributed by atoms with Crippen LogP contribution in [-0.4, -0.2) is 18.8 Å². The van der Waals surface area contributed by atoms with E-state index in [-0.39, 0.29) is 19.5 Å². The molecule has 5 heteroatoms. The van der Waals surface area contributed by atoms with Crippen LogP contribution in [0, 0.1) is 13.8 Å². The fourth-order valence-electron chi connectivity index (χ4n) is 8.11. The second kappa shape index (κ2) is 29.0. The molecule has 1 unspecified atom stereocenters. The highest BCUT2D eigenvalue weighted by molar-refractivity contribution is 7.59. The summed E-state index contributed by atoms with van der Waals surface area (Å²) in [5.41, 5.74) is 21.8. The van der Waals surface area contributed by atoms with Gasteiger partial charge < -0.3 is 0 Å². The molecule has 364 valence electrons. The molecule has 0 aliphatic carbocycles. The van der Waals surface area contributed by atoms with Crippen LogP contribution in [0.25, 0.3) is 62.0 Å². The molecule has 0 fully saturated rings. The molecule has 0 aliphatic heterocycles. The highest BCUT2D eigenvalue weighted by Crippen LogP contribution is 2.37. The summed E-state index contributed by atoms with van der Waals surface area (Å²) in [7, 11) is 0. The predicted molar refractivity (Wildman–Crippen MR) is 321 cm³/mol. The Hall–Kier alpha value is -7.34. The lowest BCUT2D eigenvalue weighted by molar-refractivity contribution is 0.817. The number of aliphatic imine (C=N–C) groups is 2. The second-order valence-corrected chi connectivity index (χ2v) is 17.3. The van der Waals surface area contributed by atoms with E-state index < -0.39 is 0 Å². The highest BCUT2D eigenvalue weighted by atomic mass is 32.1. The zero-order chi connectivity index (χ0) is 50.4. The average molecular weight is 955 g/mol. The lowest BCUT2D eigenvalue weighted by Gasteiger charge is -2.15. The Bertz CT molecular complexity index is 3030. The molecule has 0 spiro atoms. The van der Waals surface area contributed by atoms with Crippen LogP contribution in [0.15, 0.2) is 204 Å². The summed E-state index contributed by atoms with van der Waals surface area (Å²) in [4.78, 5) is 8.79. The minimum atomic E-state index is 0. The van der Waals surface area contributed by atoms with Crippen molar-refractivity contribution >= 4 is 60.9 Å². The van der Waals surface area contributed by atoms with E-state index in [4.69, 9.17) is 4.99 Å². The van der Waals surface area contributed by atoms with Gasteiger partial charge in [0.1, 0.15) is 0 Å². The van der Waals surface area contributed by atoms with E-state index in [1.807, 2.05) is 37.3 Å². The van der Waals surface area contributed by atoms with Gasteiger partial charge in [-0.05, 0) is 151 Å². The number of hydrazone groups is 1. The van der Waals surface area contributed by atoms with E-state index in [9.17, 15) is 0 Å². The number of nitrogens with zero attached hydrogens (tertiary/aromatic N) is 3. The summed E-state index contributed by atoms with van der Waals surface area (Å²) in [6.45, 7) is 30.5. The van der Waals surface area contributed by atoms with Gasteiger partial charge in [-0.15, -0.1) is 0 Å². The molecule has 0 radical (unpaired) electrons. The number of rotatable bonds is 15. The van der Waals surface area contributed by atoms with E-state index in [1.165, 1.54) is 84.8 Å². The lowest BCUT2D eigenvalue weighted by Crippen LogP contribution is -2.06. The van der Waals surface area contributed by atoms with Crippen LogP contribution in [0.2, 0.25) is 0 Å². The number of fused-ring (bicyclic) bond motifs is 1. The minimum Gasteiger partial charge on any atom is -0.278 e. The van der Waals surface area contributed by atoms with Crippen molar-refractivity contribution in [2.75, 3.05) is 0 Å². The van der Waals surface area contributed by atoms with Gasteiger partial charge in [-0.3, -0.25) is 10.4 Å². The first kappa shape index (κ1) is 56.2. The summed E-state index contributed by atoms with van der Waals surface area (Å²) >= 11 is 0. The highest BCUT2D eigenvalue weighted by Gasteiger charge is 2.14. The number of aryl methyl sites for hydroxylation is 3. The van der Waals surface area contributed by atoms with Crippen molar-refractivity contribution in [3.8, 4) is 33.4 Å². The van der Waals surface area contributed by atoms with Gasteiger partial charge in [-0.2, -0.15) is 18.6 Å². The summed E-state index contributed by atoms with van der Waals surface area (Å²) in [6, 6.07) is 52.0. The first-order chi connectivity index (χ1) is 34.0. The van der Waals surface area contributed by atoms with Gasteiger partial charge in [0.2, 0.25) is 0 Å². The second-order valence-electron chi connectivity index (χ2n) is 17.3. The van der Waals surface area contributed by atoms with Gasteiger partial charge in [0.05, 0.1) is 11.7 Å². The van der Waals surface area contributed by atoms with Crippen LogP contribution in [0.3, 0.4) is 0 Å². The van der Waals surface area contributed by atoms with Gasteiger partial charge in [-0.25, -0.2) is 4.99 Å². The van der Waals surface area contributed by atoms with Crippen LogP contribution in [0.5, 0.6) is 0 Å². The third-order valence-electron chi connectivity index (χ3n) is 12.0. The van der Waals surface area contributed by atoms with E-state index in [0.717, 1.165) is 34.4 Å². The van der Waals surface area contributed by atoms with Crippen LogP contribution in [0.4, 0.5) is 0 Å². The predicted octanol–water partition coefficient (Wildman–Crippen LogP) is 18.6. The Morgan fingerprint density at radius 3 is 1.93 bits per heavy atom. The summed E-state index contributed by atoms with van der Waals surface area (Å²) in [5.74, 6) is 0.697. The fraction of sp³-hybridized carbons (Fsp3) is 0.197. The molecule has 1 atom stereocenters. The molecule has 0 aliphatic rings. The summed E-state index contributed by atoms with van der Waals surface area (Å²) < 4.78 is 0. The number of allylic oxidation sites excluding steroid dienone is 5. The number of amidine groups is 1. The van der Waals surface area contributed by atoms with Gasteiger partial charge in [-0.1, -0.05) is 216 Å². The lowest BCUT2D eigenvalue weighted by atomic mass is 9.89. The maximum Gasteiger partial charge on any atom is 0.154 e. The van der Waals surface area contributed by atoms with Gasteiger partial charge in [0, 0.05) is 17.3 Å². The number of hydrogen-bond donors (Lipinski definition) is 1. The topological polar surface area (TPSA) is 49.1 Å². The van der Waals surface area contributed by atoms with Crippen molar-refractivity contribution in [2.45, 2.75) is 87.6 Å². The molecule has 0 bridgehead atoms. The smallest absolute Gasteiger partial charge is 0.154 e. The van der Waals surface area contributed by atoms with Crippen molar-refractivity contribution in [1.82, 2.24) is 5.43 Å². The van der Waals surface area contributed by atoms with Crippen LogP contribution in [-0.2, 0) is 6.42 Å². The first-order valence-corrected chi connectivity index (χ1v) is 24.6. The standard InChI is InChI=1S/C44H42N2.C18H20N2.C4H10.H2S/c1-7-12-17-31(6)44(46-45-11-5)37-20-15-19-35(28-37)39-27-32(9-3)26-38(29-39)33-22-24-34(25-23-33)43-30-36-18-13-14-21-41(36)40(10-4)42(43)16-8-2;1-13-7-5-9-16(11-13)15(3)20-18(19-4)17-10-6-8-14(2)12-17;1-3-4-2;/h7-8,10-30,46H,1,4,9H2,2-3,5-6H3;5-12,15H,4H2,1-3H3;3-4H2,1-2H3;1H2/b16-8-,17-12-,44-31+,45-11+;;;. The Morgan fingerprint density at radius 2 is 1.31 bits per heavy atom. The van der Waals surface area contributed by atoms with Gasteiger partial charge in [0.25, 0.3) is 0 Å². The molecule has 7 aromatic carbocycles. The molecule has 71 heavy (non-hydrogen) atoms. The van der Waals surface area contributed by atoms with Crippen LogP contribution in [0.1, 0.15) is 112 Å². The third-order valence-corrected chi connectivity index (χ3v) is 12.0. The Kier molecular flexibility index (Phi) is 23.0. The Balaban J connectivity index is 0.000000364. The van der Waals surface area contributed by atoms with Crippen LogP contribution < -0.4 is 5.43 Å². The van der Waals surface area contributed by atoms with Gasteiger partial charge in [0.15, 0.2) is 5.84 Å². The molecule has 7 rings (SSSR count). The maximum atomic E-state index is 4.71. The quantitative estimate of drug-likeness (QED) is 0.0473. The van der Waals surface area contributed by atoms with Gasteiger partial charge >= 0.3 is 0 Å². The normalized spacial score (nSPS) is 12.0. The van der Waals surface area contributed by atoms with E-state index in [1.54, 1.807) is 12.3 Å². The monoisotopic (exact) mass is 955 g/mol. The fourth-order valence-corrected chi connectivity index (χ4v) is 8.11. The zero-order valence-electron chi connectivity index (χ0n) is 43.6. The Labute approximate surface area is 433 Å². The van der Waals surface area contributed by atoms with Crippen molar-refractivity contribution < 1.29 is 0 Å². The van der Waals surface area contributed by atoms with Crippen molar-refractivity contribution in [3.63, 3.8) is 0 Å². The van der Waals surface area contributed by atoms with Crippen molar-refractivity contribution in [1.29, 1.82) is 0 Å². The molecule has 0 saturated heterocycles. The molecule has 0 heterocycles. The number of nitrogens with one attached hydrogen (secondary N) is 1. The zero-order valence-corrected chi connectivity index (χ0v) is 44.6. The Morgan fingerprint density at radius 1 is 0.662 bits per heavy atom. The number of benzene rings is 7. The minimum absolute atomic E-state index is 0. The summed E-state index contributed by atoms with van der Waals surface area (Å²) in [6.07, 6.45) is 17.4. The van der Waals surface area contributed by atoms with Crippen molar-refractivity contribution in [3.05, 3.63) is 233 Å². The van der Waals surface area contributed by atoms with E-state index in [0.29, 0.717) is 5.84 Å². The summed E-state index contributed by atoms with van der Waals surface area (Å²) in [5, 5.41) is 6.77. The van der Waals surface area contributed by atoms with E-state index >= 15 is 0 Å². The molecule has 1 N–H and O–H groups in total. The largest absolute Gasteiger partial charge is 0.278 e. The molecule has 0 saturated carbocycles. The molecule has 0 aromatic heterocycles. The molecular formula is C66H74N4S. The molecular weight excluding hydrogens is 881 g/mol. The molecule has 4 nitrogen and oxygen atoms in total. The number of hydrogen-bond acceptors (Lipinski definition) is 3. The third kappa shape index (κ3) is 15.6.